The first-order valence-corrected chi connectivity index (χ1v) is 11.5. The fraction of sp³-hybridized carbons (Fsp3) is 0.579. The third-order valence-corrected chi connectivity index (χ3v) is 7.00. The molecule has 1 aromatic carbocycles. The van der Waals surface area contributed by atoms with Crippen LogP contribution in [0.2, 0.25) is 0 Å². The standard InChI is InChI=1S/C19H30N2O5S2/c1-4-5-10-21(11-12-27-28-19(2,3)13-17(20)22)18(23)26-16-8-6-15(7-9-16)14-25-24/h6-9,24H,4-5,10-14H2,1-3H3,(H2,20,22). The lowest BCUT2D eigenvalue weighted by molar-refractivity contribution is -0.253. The highest BCUT2D eigenvalue weighted by Crippen LogP contribution is 2.37. The monoisotopic (exact) mass is 430 g/mol. The fourth-order valence-corrected chi connectivity index (χ4v) is 4.84. The van der Waals surface area contributed by atoms with Crippen LogP contribution in [-0.4, -0.2) is 45.7 Å². The summed E-state index contributed by atoms with van der Waals surface area (Å²) < 4.78 is 5.22. The van der Waals surface area contributed by atoms with Crippen molar-refractivity contribution >= 4 is 33.6 Å². The van der Waals surface area contributed by atoms with E-state index in [9.17, 15) is 9.59 Å². The van der Waals surface area contributed by atoms with E-state index in [1.54, 1.807) is 50.8 Å². The number of nitrogens with zero attached hydrogens (tertiary/aromatic N) is 1. The Morgan fingerprint density at radius 3 is 2.46 bits per heavy atom. The summed E-state index contributed by atoms with van der Waals surface area (Å²) in [6.45, 7) is 7.29. The van der Waals surface area contributed by atoms with E-state index >= 15 is 0 Å². The Hall–Kier alpha value is -1.42. The molecular formula is C19H30N2O5S2. The zero-order valence-corrected chi connectivity index (χ0v) is 18.3. The van der Waals surface area contributed by atoms with Crippen molar-refractivity contribution in [3.05, 3.63) is 29.8 Å². The second kappa shape index (κ2) is 12.9. The topological polar surface area (TPSA) is 102 Å². The van der Waals surface area contributed by atoms with E-state index in [1.807, 2.05) is 13.8 Å². The minimum atomic E-state index is -0.387. The lowest BCUT2D eigenvalue weighted by atomic mass is 10.1. The lowest BCUT2D eigenvalue weighted by Gasteiger charge is -2.24. The van der Waals surface area contributed by atoms with E-state index in [4.69, 9.17) is 15.7 Å². The maximum Gasteiger partial charge on any atom is 0.415 e. The summed E-state index contributed by atoms with van der Waals surface area (Å²) >= 11 is 0. The summed E-state index contributed by atoms with van der Waals surface area (Å²) in [5.74, 6) is 0.846. The Morgan fingerprint density at radius 1 is 1.21 bits per heavy atom. The van der Waals surface area contributed by atoms with Crippen LogP contribution in [0.25, 0.3) is 0 Å². The van der Waals surface area contributed by atoms with Gasteiger partial charge in [-0.15, -0.1) is 0 Å². The van der Waals surface area contributed by atoms with Gasteiger partial charge in [0.15, 0.2) is 0 Å². The van der Waals surface area contributed by atoms with Gasteiger partial charge in [-0.25, -0.2) is 9.68 Å². The van der Waals surface area contributed by atoms with Gasteiger partial charge in [-0.3, -0.25) is 10.1 Å². The van der Waals surface area contributed by atoms with Crippen LogP contribution in [-0.2, 0) is 16.3 Å². The molecule has 0 bridgehead atoms. The highest BCUT2D eigenvalue weighted by Gasteiger charge is 2.22. The molecule has 0 fully saturated rings. The lowest BCUT2D eigenvalue weighted by Crippen LogP contribution is -2.36. The van der Waals surface area contributed by atoms with Crippen LogP contribution in [0.15, 0.2) is 24.3 Å². The highest BCUT2D eigenvalue weighted by molar-refractivity contribution is 8.77. The molecular weight excluding hydrogens is 400 g/mol. The quantitative estimate of drug-likeness (QED) is 0.208. The smallest absolute Gasteiger partial charge is 0.410 e. The molecule has 3 N–H and O–H groups in total. The molecule has 2 amide bonds. The van der Waals surface area contributed by atoms with Gasteiger partial charge in [0.05, 0.1) is 0 Å². The van der Waals surface area contributed by atoms with Crippen LogP contribution < -0.4 is 10.5 Å². The third kappa shape index (κ3) is 10.2. The zero-order valence-electron chi connectivity index (χ0n) is 16.7. The van der Waals surface area contributed by atoms with E-state index in [1.165, 1.54) is 0 Å². The second-order valence-electron chi connectivity index (χ2n) is 6.93. The molecule has 7 nitrogen and oxygen atoms in total. The molecule has 9 heteroatoms. The maximum atomic E-state index is 12.5. The molecule has 0 saturated heterocycles. The van der Waals surface area contributed by atoms with Crippen molar-refractivity contribution < 1.29 is 24.5 Å². The van der Waals surface area contributed by atoms with Crippen LogP contribution in [0.4, 0.5) is 4.79 Å². The Kier molecular flexibility index (Phi) is 11.4. The second-order valence-corrected chi connectivity index (χ2v) is 10.1. The van der Waals surface area contributed by atoms with E-state index in [0.29, 0.717) is 25.3 Å². The summed E-state index contributed by atoms with van der Waals surface area (Å²) in [6.07, 6.45) is 1.80. The van der Waals surface area contributed by atoms with Crippen LogP contribution in [0.1, 0.15) is 45.6 Å². The average molecular weight is 431 g/mol. The number of carbonyl (C=O) groups is 2. The molecule has 0 aliphatic carbocycles. The summed E-state index contributed by atoms with van der Waals surface area (Å²) in [6, 6.07) is 6.79. The Morgan fingerprint density at radius 2 is 1.89 bits per heavy atom. The van der Waals surface area contributed by atoms with Gasteiger partial charge in [-0.05, 0) is 38.0 Å². The number of carbonyl (C=O) groups excluding carboxylic acids is 2. The summed E-state index contributed by atoms with van der Waals surface area (Å²) in [7, 11) is 3.22. The number of benzene rings is 1. The van der Waals surface area contributed by atoms with Gasteiger partial charge in [0.2, 0.25) is 5.91 Å². The first kappa shape index (κ1) is 24.6. The Labute approximate surface area is 174 Å². The molecule has 0 heterocycles. The van der Waals surface area contributed by atoms with Crippen LogP contribution in [0, 0.1) is 0 Å². The number of rotatable bonds is 13. The first-order valence-electron chi connectivity index (χ1n) is 9.18. The number of primary amides is 1. The van der Waals surface area contributed by atoms with Gasteiger partial charge >= 0.3 is 6.09 Å². The van der Waals surface area contributed by atoms with Crippen LogP contribution in [0.3, 0.4) is 0 Å². The normalized spacial score (nSPS) is 11.3. The molecule has 0 atom stereocenters. The number of hydrogen-bond acceptors (Lipinski definition) is 7. The largest absolute Gasteiger partial charge is 0.415 e. The average Bonchev–Trinajstić information content (AvgIpc) is 2.61. The molecule has 0 unspecified atom stereocenters. The van der Waals surface area contributed by atoms with Crippen molar-refractivity contribution in [2.24, 2.45) is 5.73 Å². The SMILES string of the molecule is CCCCN(CCSSC(C)(C)CC(N)=O)C(=O)Oc1ccc(COO)cc1. The molecule has 1 aromatic rings. The summed E-state index contributed by atoms with van der Waals surface area (Å²) in [5.41, 5.74) is 6.05. The number of nitrogens with two attached hydrogens (primary N) is 1. The van der Waals surface area contributed by atoms with Gasteiger partial charge in [-0.2, -0.15) is 0 Å². The molecule has 1 rings (SSSR count). The van der Waals surface area contributed by atoms with Crippen molar-refractivity contribution in [1.29, 1.82) is 0 Å². The Bertz CT molecular complexity index is 611. The predicted octanol–water partition coefficient (Wildman–Crippen LogP) is 4.31. The maximum absolute atomic E-state index is 12.5. The minimum Gasteiger partial charge on any atom is -0.410 e. The molecule has 0 spiro atoms. The van der Waals surface area contributed by atoms with E-state index in [-0.39, 0.29) is 23.4 Å². The summed E-state index contributed by atoms with van der Waals surface area (Å²) in [5, 5.41) is 8.47. The molecule has 28 heavy (non-hydrogen) atoms. The van der Waals surface area contributed by atoms with Crippen LogP contribution in [0.5, 0.6) is 5.75 Å². The minimum absolute atomic E-state index is 0.0812. The summed E-state index contributed by atoms with van der Waals surface area (Å²) in [4.78, 5) is 29.4. The van der Waals surface area contributed by atoms with Gasteiger partial charge in [0.1, 0.15) is 12.4 Å². The van der Waals surface area contributed by atoms with Crippen molar-refractivity contribution in [2.45, 2.75) is 51.4 Å². The molecule has 0 radical (unpaired) electrons. The first-order chi connectivity index (χ1) is 13.3. The zero-order chi connectivity index (χ0) is 21.0. The van der Waals surface area contributed by atoms with E-state index < -0.39 is 0 Å². The van der Waals surface area contributed by atoms with Crippen molar-refractivity contribution in [2.75, 3.05) is 18.8 Å². The van der Waals surface area contributed by atoms with Crippen molar-refractivity contribution in [3.63, 3.8) is 0 Å². The predicted molar refractivity (Wildman–Crippen MR) is 114 cm³/mol. The van der Waals surface area contributed by atoms with Gasteiger partial charge in [-0.1, -0.05) is 47.1 Å². The molecule has 0 aromatic heterocycles. The van der Waals surface area contributed by atoms with Gasteiger partial charge in [0, 0.05) is 30.0 Å². The number of hydrogen-bond donors (Lipinski definition) is 2. The van der Waals surface area contributed by atoms with Crippen molar-refractivity contribution in [1.82, 2.24) is 4.90 Å². The third-order valence-electron chi connectivity index (χ3n) is 3.73. The molecule has 158 valence electrons. The van der Waals surface area contributed by atoms with Gasteiger partial charge < -0.3 is 15.4 Å². The number of amides is 2. The van der Waals surface area contributed by atoms with E-state index in [0.717, 1.165) is 24.2 Å². The molecule has 0 saturated carbocycles. The number of unbranched alkanes of at least 4 members (excludes halogenated alkanes) is 1. The molecule has 0 aliphatic rings. The fourth-order valence-electron chi connectivity index (χ4n) is 2.33. The van der Waals surface area contributed by atoms with Gasteiger partial charge in [0.25, 0.3) is 0 Å². The number of ether oxygens (including phenoxy) is 1. The Balaban J connectivity index is 2.53. The van der Waals surface area contributed by atoms with E-state index in [2.05, 4.69) is 11.8 Å². The van der Waals surface area contributed by atoms with Crippen LogP contribution >= 0.6 is 21.6 Å². The molecule has 0 aliphatic heterocycles. The van der Waals surface area contributed by atoms with Crippen molar-refractivity contribution in [3.8, 4) is 5.75 Å². The highest BCUT2D eigenvalue weighted by atomic mass is 33.1.